The number of aliphatic hydroxyl groups excluding tert-OH is 1. The first-order chi connectivity index (χ1) is 10.8. The van der Waals surface area contributed by atoms with E-state index >= 15 is 0 Å². The van der Waals surface area contributed by atoms with Crippen LogP contribution in [-0.2, 0) is 14.3 Å². The van der Waals surface area contributed by atoms with Crippen molar-refractivity contribution in [2.24, 2.45) is 5.41 Å². The Hall–Kier alpha value is -0.730. The van der Waals surface area contributed by atoms with Crippen molar-refractivity contribution in [2.75, 3.05) is 26.9 Å². The average molecular weight is 347 g/mol. The number of aliphatic hydroxyl groups is 2. The molecule has 1 aliphatic heterocycles. The Bertz CT molecular complexity index is 484. The van der Waals surface area contributed by atoms with Crippen molar-refractivity contribution >= 4 is 5.97 Å². The molecule has 0 amide bonds. The SMILES string of the molecule is CCC1(C)C(C)(CO)OC(C)(COC)C(C)(NCC(=O)O)C1(C)O. The number of rotatable bonds is 7. The third-order valence-corrected chi connectivity index (χ3v) is 6.75. The van der Waals surface area contributed by atoms with E-state index in [1.807, 2.05) is 13.8 Å². The summed E-state index contributed by atoms with van der Waals surface area (Å²) in [6.07, 6.45) is 0.532. The molecule has 5 atom stereocenters. The van der Waals surface area contributed by atoms with Gasteiger partial charge in [-0.15, -0.1) is 0 Å². The van der Waals surface area contributed by atoms with E-state index in [1.165, 1.54) is 7.11 Å². The fourth-order valence-corrected chi connectivity index (χ4v) is 4.28. The summed E-state index contributed by atoms with van der Waals surface area (Å²) in [6.45, 7) is 10.3. The number of carboxylic acid groups (broad SMARTS) is 1. The van der Waals surface area contributed by atoms with Crippen LogP contribution in [0.4, 0.5) is 0 Å². The number of ether oxygens (including phenoxy) is 2. The monoisotopic (exact) mass is 347 g/mol. The van der Waals surface area contributed by atoms with Gasteiger partial charge in [0.1, 0.15) is 5.60 Å². The first kappa shape index (κ1) is 21.3. The van der Waals surface area contributed by atoms with Crippen molar-refractivity contribution in [1.29, 1.82) is 0 Å². The lowest BCUT2D eigenvalue weighted by Gasteiger charge is -2.69. The zero-order valence-electron chi connectivity index (χ0n) is 15.9. The molecule has 0 bridgehead atoms. The molecule has 4 N–H and O–H groups in total. The standard InChI is InChI=1S/C17H33NO6/c1-8-13(2)14(3,10-19)24-15(4,11-23-7)16(5,17(13,6)22)18-9-12(20)21/h18-19,22H,8-11H2,1-7H3,(H,20,21). The lowest BCUT2D eigenvalue weighted by Crippen LogP contribution is -2.85. The maximum absolute atomic E-state index is 11.7. The highest BCUT2D eigenvalue weighted by molar-refractivity contribution is 5.69. The maximum atomic E-state index is 11.7. The third-order valence-electron chi connectivity index (χ3n) is 6.75. The summed E-state index contributed by atoms with van der Waals surface area (Å²) in [4.78, 5) is 11.1. The minimum absolute atomic E-state index is 0.127. The Morgan fingerprint density at radius 2 is 1.71 bits per heavy atom. The molecule has 0 aromatic carbocycles. The number of hydrogen-bond donors (Lipinski definition) is 4. The van der Waals surface area contributed by atoms with Gasteiger partial charge in [0.05, 0.1) is 36.5 Å². The van der Waals surface area contributed by atoms with Crippen LogP contribution in [0.5, 0.6) is 0 Å². The predicted molar refractivity (Wildman–Crippen MR) is 89.9 cm³/mol. The van der Waals surface area contributed by atoms with Crippen LogP contribution in [-0.4, -0.2) is 70.5 Å². The minimum atomic E-state index is -1.40. The van der Waals surface area contributed by atoms with Crippen LogP contribution < -0.4 is 5.32 Å². The summed E-state index contributed by atoms with van der Waals surface area (Å²) in [7, 11) is 1.52. The molecule has 5 unspecified atom stereocenters. The minimum Gasteiger partial charge on any atom is -0.480 e. The fraction of sp³-hybridized carbons (Fsp3) is 0.941. The summed E-state index contributed by atoms with van der Waals surface area (Å²) in [5.74, 6) is -1.03. The summed E-state index contributed by atoms with van der Waals surface area (Å²) in [6, 6.07) is 0. The van der Waals surface area contributed by atoms with Crippen LogP contribution in [0.1, 0.15) is 48.0 Å². The molecule has 1 rings (SSSR count). The Labute approximate surface area is 144 Å². The van der Waals surface area contributed by atoms with E-state index in [-0.39, 0.29) is 19.8 Å². The Balaban J connectivity index is 3.59. The molecule has 0 saturated carbocycles. The van der Waals surface area contributed by atoms with Gasteiger partial charge < -0.3 is 24.8 Å². The zero-order chi connectivity index (χ0) is 19.0. The van der Waals surface area contributed by atoms with Crippen LogP contribution in [0.2, 0.25) is 0 Å². The number of carbonyl (C=O) groups is 1. The van der Waals surface area contributed by atoms with E-state index in [1.54, 1.807) is 27.7 Å². The average Bonchev–Trinajstić information content (AvgIpc) is 2.49. The number of nitrogens with one attached hydrogen (secondary N) is 1. The zero-order valence-corrected chi connectivity index (χ0v) is 15.9. The second-order valence-electron chi connectivity index (χ2n) is 7.79. The molecule has 0 aromatic rings. The number of hydrogen-bond acceptors (Lipinski definition) is 6. The maximum Gasteiger partial charge on any atom is 0.317 e. The van der Waals surface area contributed by atoms with Gasteiger partial charge in [0.25, 0.3) is 0 Å². The molecule has 24 heavy (non-hydrogen) atoms. The predicted octanol–water partition coefficient (Wildman–Crippen LogP) is 0.773. The van der Waals surface area contributed by atoms with E-state index in [2.05, 4.69) is 5.32 Å². The molecule has 0 aromatic heterocycles. The van der Waals surface area contributed by atoms with Gasteiger partial charge in [-0.2, -0.15) is 0 Å². The Kier molecular flexibility index (Phi) is 5.80. The van der Waals surface area contributed by atoms with Crippen LogP contribution in [0.25, 0.3) is 0 Å². The van der Waals surface area contributed by atoms with Gasteiger partial charge in [-0.25, -0.2) is 0 Å². The van der Waals surface area contributed by atoms with Crippen molar-refractivity contribution in [3.63, 3.8) is 0 Å². The van der Waals surface area contributed by atoms with Gasteiger partial charge >= 0.3 is 5.97 Å². The second-order valence-corrected chi connectivity index (χ2v) is 7.79. The van der Waals surface area contributed by atoms with E-state index in [0.717, 1.165) is 0 Å². The van der Waals surface area contributed by atoms with Gasteiger partial charge in [-0.1, -0.05) is 13.8 Å². The van der Waals surface area contributed by atoms with E-state index in [0.29, 0.717) is 6.42 Å². The summed E-state index contributed by atoms with van der Waals surface area (Å²) < 4.78 is 11.7. The molecule has 7 nitrogen and oxygen atoms in total. The van der Waals surface area contributed by atoms with Crippen LogP contribution in [0, 0.1) is 5.41 Å². The van der Waals surface area contributed by atoms with Crippen LogP contribution >= 0.6 is 0 Å². The van der Waals surface area contributed by atoms with Gasteiger partial charge in [-0.05, 0) is 34.1 Å². The van der Waals surface area contributed by atoms with Gasteiger partial charge in [0.15, 0.2) is 0 Å². The molecule has 1 heterocycles. The molecule has 0 aliphatic carbocycles. The Morgan fingerprint density at radius 3 is 2.08 bits per heavy atom. The van der Waals surface area contributed by atoms with Gasteiger partial charge in [-0.3, -0.25) is 10.1 Å². The number of methoxy groups -OCH3 is 1. The molecule has 0 spiro atoms. The highest BCUT2D eigenvalue weighted by Crippen LogP contribution is 2.59. The normalized spacial score (nSPS) is 46.0. The van der Waals surface area contributed by atoms with Crippen molar-refractivity contribution in [2.45, 2.75) is 70.3 Å². The Morgan fingerprint density at radius 1 is 1.17 bits per heavy atom. The smallest absolute Gasteiger partial charge is 0.317 e. The first-order valence-electron chi connectivity index (χ1n) is 8.30. The fourth-order valence-electron chi connectivity index (χ4n) is 4.28. The summed E-state index contributed by atoms with van der Waals surface area (Å²) >= 11 is 0. The lowest BCUT2D eigenvalue weighted by molar-refractivity contribution is -0.357. The molecule has 0 radical (unpaired) electrons. The van der Waals surface area contributed by atoms with Crippen LogP contribution in [0.3, 0.4) is 0 Å². The van der Waals surface area contributed by atoms with Gasteiger partial charge in [0.2, 0.25) is 0 Å². The molecule has 1 saturated heterocycles. The van der Waals surface area contributed by atoms with E-state index < -0.39 is 33.7 Å². The van der Waals surface area contributed by atoms with E-state index in [4.69, 9.17) is 14.6 Å². The largest absolute Gasteiger partial charge is 0.480 e. The molecule has 1 aliphatic rings. The summed E-state index contributed by atoms with van der Waals surface area (Å²) in [5, 5.41) is 33.8. The van der Waals surface area contributed by atoms with Crippen molar-refractivity contribution in [3.8, 4) is 0 Å². The third kappa shape index (κ3) is 2.66. The number of aliphatic carboxylic acids is 1. The highest BCUT2D eigenvalue weighted by Gasteiger charge is 2.73. The van der Waals surface area contributed by atoms with Crippen molar-refractivity contribution in [1.82, 2.24) is 5.32 Å². The topological polar surface area (TPSA) is 108 Å². The first-order valence-corrected chi connectivity index (χ1v) is 8.30. The van der Waals surface area contributed by atoms with Crippen molar-refractivity contribution in [3.05, 3.63) is 0 Å². The lowest BCUT2D eigenvalue weighted by atomic mass is 9.50. The van der Waals surface area contributed by atoms with Gasteiger partial charge in [0, 0.05) is 12.5 Å². The quantitative estimate of drug-likeness (QED) is 0.539. The van der Waals surface area contributed by atoms with Crippen molar-refractivity contribution < 1.29 is 29.6 Å². The molecular weight excluding hydrogens is 314 g/mol. The highest BCUT2D eigenvalue weighted by atomic mass is 16.6. The number of carboxylic acids is 1. The molecule has 142 valence electrons. The molecule has 1 fully saturated rings. The van der Waals surface area contributed by atoms with E-state index in [9.17, 15) is 15.0 Å². The van der Waals surface area contributed by atoms with Crippen LogP contribution in [0.15, 0.2) is 0 Å². The molecular formula is C17H33NO6. The molecule has 7 heteroatoms. The second kappa shape index (κ2) is 6.53. The summed E-state index contributed by atoms with van der Waals surface area (Å²) in [5.41, 5.74) is -5.45.